The summed E-state index contributed by atoms with van der Waals surface area (Å²) in [6.07, 6.45) is -4.35. The van der Waals surface area contributed by atoms with Gasteiger partial charge in [-0.25, -0.2) is 22.8 Å². The minimum absolute atomic E-state index is 0.0267. The molecule has 0 unspecified atom stereocenters. The molecule has 0 spiro atoms. The predicted octanol–water partition coefficient (Wildman–Crippen LogP) is 4.87. The molecule has 172 valence electrons. The number of esters is 2. The number of carbonyl (C=O) groups is 2. The number of ether oxygens (including phenoxy) is 3. The predicted molar refractivity (Wildman–Crippen MR) is 98.3 cm³/mol. The van der Waals surface area contributed by atoms with Crippen molar-refractivity contribution in [2.75, 3.05) is 19.5 Å². The molecule has 0 radical (unpaired) electrons. The summed E-state index contributed by atoms with van der Waals surface area (Å²) in [5.41, 5.74) is -2.59. The van der Waals surface area contributed by atoms with Gasteiger partial charge in [-0.3, -0.25) is 0 Å². The van der Waals surface area contributed by atoms with E-state index < -0.39 is 64.0 Å². The first-order valence-corrected chi connectivity index (χ1v) is 8.56. The summed E-state index contributed by atoms with van der Waals surface area (Å²) < 4.78 is 94.7. The summed E-state index contributed by atoms with van der Waals surface area (Å²) in [6, 6.07) is 1.80. The third-order valence-electron chi connectivity index (χ3n) is 3.94. The van der Waals surface area contributed by atoms with E-state index in [2.05, 4.69) is 14.8 Å². The lowest BCUT2D eigenvalue weighted by atomic mass is 10.1. The van der Waals surface area contributed by atoms with Crippen LogP contribution in [0.1, 0.15) is 11.1 Å². The number of hydrogen-bond acceptors (Lipinski definition) is 6. The number of aryl methyl sites for hydroxylation is 1. The molecule has 0 aliphatic carbocycles. The van der Waals surface area contributed by atoms with E-state index in [1.807, 2.05) is 0 Å². The van der Waals surface area contributed by atoms with Gasteiger partial charge in [0.2, 0.25) is 0 Å². The molecule has 0 atom stereocenters. The molecule has 0 saturated carbocycles. The van der Waals surface area contributed by atoms with Gasteiger partial charge in [-0.1, -0.05) is 0 Å². The zero-order valence-corrected chi connectivity index (χ0v) is 16.7. The van der Waals surface area contributed by atoms with Gasteiger partial charge in [0.05, 0.1) is 31.5 Å². The fourth-order valence-corrected chi connectivity index (χ4v) is 2.35. The molecule has 2 aromatic rings. The number of benzene rings is 2. The second-order valence-electron chi connectivity index (χ2n) is 6.16. The molecule has 0 bridgehead atoms. The molecular formula is C20H15F6NO5. The van der Waals surface area contributed by atoms with Crippen LogP contribution in [0, 0.1) is 24.4 Å². The van der Waals surface area contributed by atoms with Gasteiger partial charge in [-0.05, 0) is 30.7 Å². The topological polar surface area (TPSA) is 73.9 Å². The van der Waals surface area contributed by atoms with Gasteiger partial charge >= 0.3 is 18.1 Å². The molecule has 0 amide bonds. The van der Waals surface area contributed by atoms with Crippen molar-refractivity contribution in [2.24, 2.45) is 0 Å². The summed E-state index contributed by atoms with van der Waals surface area (Å²) >= 11 is 0. The lowest BCUT2D eigenvalue weighted by molar-refractivity contribution is -0.138. The first-order chi connectivity index (χ1) is 14.9. The minimum Gasteiger partial charge on any atom is -0.466 e. The summed E-state index contributed by atoms with van der Waals surface area (Å²) in [6.45, 7) is 1.27. The highest BCUT2D eigenvalue weighted by molar-refractivity contribution is 5.99. The van der Waals surface area contributed by atoms with Crippen molar-refractivity contribution in [2.45, 2.75) is 13.1 Å². The van der Waals surface area contributed by atoms with E-state index in [-0.39, 0.29) is 17.7 Å². The van der Waals surface area contributed by atoms with Crippen LogP contribution >= 0.6 is 0 Å². The van der Waals surface area contributed by atoms with Crippen LogP contribution in [-0.4, -0.2) is 26.2 Å². The molecule has 0 aromatic heterocycles. The standard InChI is InChI=1S/C20H15F6NO5/c1-9-4-16(32-18-12(22)5-10(6-13(18)23)20(24,25)26)14(7-11(9)21)27-15(19(29)31-3)8-17(28)30-2/h4-8,27H,1-3H3/b15-8+. The Morgan fingerprint density at radius 3 is 2.03 bits per heavy atom. The van der Waals surface area contributed by atoms with Crippen LogP contribution in [0.3, 0.4) is 0 Å². The zero-order valence-electron chi connectivity index (χ0n) is 16.7. The molecule has 0 heterocycles. The van der Waals surface area contributed by atoms with E-state index >= 15 is 0 Å². The second kappa shape index (κ2) is 9.62. The van der Waals surface area contributed by atoms with Gasteiger partial charge < -0.3 is 19.5 Å². The van der Waals surface area contributed by atoms with E-state index in [0.29, 0.717) is 6.08 Å². The molecule has 0 saturated heterocycles. The maximum Gasteiger partial charge on any atom is 0.416 e. The quantitative estimate of drug-likeness (QED) is 0.375. The number of hydrogen-bond donors (Lipinski definition) is 1. The van der Waals surface area contributed by atoms with Crippen LogP contribution in [0.4, 0.5) is 32.0 Å². The van der Waals surface area contributed by atoms with Crippen LogP contribution in [0.15, 0.2) is 36.0 Å². The van der Waals surface area contributed by atoms with Crippen molar-refractivity contribution in [3.8, 4) is 11.5 Å². The van der Waals surface area contributed by atoms with Gasteiger partial charge in [0.25, 0.3) is 0 Å². The Kier molecular flexibility index (Phi) is 7.39. The number of alkyl halides is 3. The summed E-state index contributed by atoms with van der Waals surface area (Å²) in [7, 11) is 2.00. The van der Waals surface area contributed by atoms with Gasteiger partial charge in [0.15, 0.2) is 23.1 Å². The number of rotatable bonds is 6. The Bertz CT molecular complexity index is 1060. The highest BCUT2D eigenvalue weighted by Gasteiger charge is 2.33. The normalized spacial score (nSPS) is 11.7. The summed E-state index contributed by atoms with van der Waals surface area (Å²) in [4.78, 5) is 23.4. The molecule has 2 aromatic carbocycles. The molecule has 32 heavy (non-hydrogen) atoms. The zero-order chi connectivity index (χ0) is 24.2. The average Bonchev–Trinajstić information content (AvgIpc) is 2.71. The third kappa shape index (κ3) is 5.71. The highest BCUT2D eigenvalue weighted by Crippen LogP contribution is 2.38. The number of halogens is 6. The maximum atomic E-state index is 14.2. The number of anilines is 1. The molecule has 0 aliphatic heterocycles. The van der Waals surface area contributed by atoms with Gasteiger partial charge in [-0.15, -0.1) is 0 Å². The van der Waals surface area contributed by atoms with Crippen molar-refractivity contribution in [1.29, 1.82) is 0 Å². The molecule has 1 N–H and O–H groups in total. The highest BCUT2D eigenvalue weighted by atomic mass is 19.4. The summed E-state index contributed by atoms with van der Waals surface area (Å²) in [5.74, 6) is -7.95. The Hall–Kier alpha value is -3.70. The first-order valence-electron chi connectivity index (χ1n) is 8.56. The molecule has 12 heteroatoms. The fourth-order valence-electron chi connectivity index (χ4n) is 2.35. The Labute approximate surface area is 177 Å². The minimum atomic E-state index is -5.01. The van der Waals surface area contributed by atoms with Crippen LogP contribution in [0.25, 0.3) is 0 Å². The monoisotopic (exact) mass is 463 g/mol. The van der Waals surface area contributed by atoms with Crippen molar-refractivity contribution in [1.82, 2.24) is 0 Å². The molecule has 0 aliphatic rings. The number of nitrogens with one attached hydrogen (secondary N) is 1. The third-order valence-corrected chi connectivity index (χ3v) is 3.94. The van der Waals surface area contributed by atoms with Crippen LogP contribution in [-0.2, 0) is 25.2 Å². The fraction of sp³-hybridized carbons (Fsp3) is 0.200. The van der Waals surface area contributed by atoms with Crippen molar-refractivity contribution >= 4 is 17.6 Å². The van der Waals surface area contributed by atoms with E-state index in [1.165, 1.54) is 6.92 Å². The van der Waals surface area contributed by atoms with E-state index in [4.69, 9.17) is 4.74 Å². The average molecular weight is 463 g/mol. The summed E-state index contributed by atoms with van der Waals surface area (Å²) in [5, 5.41) is 2.32. The molecular weight excluding hydrogens is 448 g/mol. The smallest absolute Gasteiger partial charge is 0.416 e. The first kappa shape index (κ1) is 24.6. The van der Waals surface area contributed by atoms with Crippen molar-refractivity contribution in [3.63, 3.8) is 0 Å². The Balaban J connectivity index is 2.55. The number of methoxy groups -OCH3 is 2. The van der Waals surface area contributed by atoms with Crippen molar-refractivity contribution < 1.29 is 50.1 Å². The van der Waals surface area contributed by atoms with E-state index in [9.17, 15) is 35.9 Å². The van der Waals surface area contributed by atoms with Crippen molar-refractivity contribution in [3.05, 3.63) is 64.6 Å². The van der Waals surface area contributed by atoms with Crippen LogP contribution in [0.5, 0.6) is 11.5 Å². The SMILES string of the molecule is COC(=O)/C=C(/Nc1cc(F)c(C)cc1Oc1c(F)cc(C(F)(F)F)cc1F)C(=O)OC. The van der Waals surface area contributed by atoms with Gasteiger partial charge in [-0.2, -0.15) is 13.2 Å². The van der Waals surface area contributed by atoms with Crippen LogP contribution < -0.4 is 10.1 Å². The second-order valence-corrected chi connectivity index (χ2v) is 6.16. The number of carbonyl (C=O) groups excluding carboxylic acids is 2. The Morgan fingerprint density at radius 1 is 0.938 bits per heavy atom. The van der Waals surface area contributed by atoms with E-state index in [0.717, 1.165) is 26.4 Å². The van der Waals surface area contributed by atoms with Crippen LogP contribution in [0.2, 0.25) is 0 Å². The molecule has 0 fully saturated rings. The van der Waals surface area contributed by atoms with Gasteiger partial charge in [0, 0.05) is 6.07 Å². The Morgan fingerprint density at radius 2 is 1.53 bits per heavy atom. The van der Waals surface area contributed by atoms with Gasteiger partial charge in [0.1, 0.15) is 11.5 Å². The molecule has 6 nitrogen and oxygen atoms in total. The van der Waals surface area contributed by atoms with E-state index in [1.54, 1.807) is 0 Å². The maximum absolute atomic E-state index is 14.2. The molecule has 2 rings (SSSR count). The lowest BCUT2D eigenvalue weighted by Crippen LogP contribution is -2.16. The largest absolute Gasteiger partial charge is 0.466 e. The lowest BCUT2D eigenvalue weighted by Gasteiger charge is -2.17.